The lowest BCUT2D eigenvalue weighted by molar-refractivity contribution is -0.145. The summed E-state index contributed by atoms with van der Waals surface area (Å²) in [5.41, 5.74) is -0.796. The van der Waals surface area contributed by atoms with Gasteiger partial charge in [0, 0.05) is 11.8 Å². The highest BCUT2D eigenvalue weighted by Crippen LogP contribution is 2.45. The second-order valence-corrected chi connectivity index (χ2v) is 10.5. The second kappa shape index (κ2) is 11.5. The number of aryl methyl sites for hydroxylation is 1. The van der Waals surface area contributed by atoms with Crippen molar-refractivity contribution in [3.05, 3.63) is 62.9 Å². The highest BCUT2D eigenvalue weighted by atomic mass is 31.2. The normalized spacial score (nSPS) is 22.1. The molecule has 1 aromatic carbocycles. The van der Waals surface area contributed by atoms with Crippen LogP contribution in [0.15, 0.2) is 46.1 Å². The van der Waals surface area contributed by atoms with Gasteiger partial charge in [0.15, 0.2) is 12.5 Å². The van der Waals surface area contributed by atoms with E-state index in [0.717, 1.165) is 19.3 Å². The number of carbonyl (C=O) groups excluding carboxylic acids is 1. The fourth-order valence-corrected chi connectivity index (χ4v) is 4.97. The Kier molecular flexibility index (Phi) is 8.43. The first-order valence-electron chi connectivity index (χ1n) is 11.8. The van der Waals surface area contributed by atoms with Gasteiger partial charge in [0.25, 0.3) is 5.56 Å². The highest BCUT2D eigenvalue weighted by molar-refractivity contribution is 7.52. The Hall–Kier alpha value is -2.76. The number of esters is 1. The number of benzene rings is 1. The maximum Gasteiger partial charge on any atom is 0.459 e. The zero-order chi connectivity index (χ0) is 25.7. The van der Waals surface area contributed by atoms with Gasteiger partial charge in [0.2, 0.25) is 0 Å². The average molecular weight is 523 g/mol. The molecule has 1 aromatic heterocycles. The van der Waals surface area contributed by atoms with E-state index in [-0.39, 0.29) is 19.0 Å². The average Bonchev–Trinajstić information content (AvgIpc) is 3.55. The molecule has 196 valence electrons. The molecule has 1 aliphatic heterocycles. The Morgan fingerprint density at radius 2 is 2.03 bits per heavy atom. The third kappa shape index (κ3) is 7.14. The Bertz CT molecular complexity index is 1210. The number of aromatic nitrogens is 2. The molecule has 1 aliphatic carbocycles. The monoisotopic (exact) mass is 523 g/mol. The van der Waals surface area contributed by atoms with Gasteiger partial charge in [-0.3, -0.25) is 23.7 Å². The van der Waals surface area contributed by atoms with Gasteiger partial charge in [0.1, 0.15) is 18.4 Å². The number of rotatable bonds is 12. The van der Waals surface area contributed by atoms with Gasteiger partial charge in [-0.1, -0.05) is 31.0 Å². The molecule has 0 radical (unpaired) electrons. The summed E-state index contributed by atoms with van der Waals surface area (Å²) in [5.74, 6) is 0.310. The Morgan fingerprint density at radius 1 is 1.28 bits per heavy atom. The van der Waals surface area contributed by atoms with E-state index in [1.807, 2.05) is 0 Å². The first-order chi connectivity index (χ1) is 17.2. The number of para-hydroxylation sites is 1. The molecule has 1 saturated carbocycles. The molecule has 12 nitrogen and oxygen atoms in total. The molecule has 0 spiro atoms. The Balaban J connectivity index is 1.38. The summed E-state index contributed by atoms with van der Waals surface area (Å²) in [6.07, 6.45) is 2.70. The molecule has 0 amide bonds. The van der Waals surface area contributed by atoms with E-state index >= 15 is 0 Å². The molecular weight excluding hydrogens is 493 g/mol. The molecular formula is C23H30N3O9P. The van der Waals surface area contributed by atoms with Gasteiger partial charge in [0.05, 0.1) is 13.2 Å². The smallest absolute Gasteiger partial charge is 0.459 e. The predicted molar refractivity (Wildman–Crippen MR) is 127 cm³/mol. The van der Waals surface area contributed by atoms with Crippen LogP contribution in [0.1, 0.15) is 38.0 Å². The summed E-state index contributed by atoms with van der Waals surface area (Å²) in [6, 6.07) is 7.39. The van der Waals surface area contributed by atoms with Crippen molar-refractivity contribution in [1.82, 2.24) is 14.6 Å². The topological polar surface area (TPSA) is 147 Å². The maximum absolute atomic E-state index is 13.6. The number of hydrogen-bond acceptors (Lipinski definition) is 9. The largest absolute Gasteiger partial charge is 0.465 e. The van der Waals surface area contributed by atoms with Crippen molar-refractivity contribution in [2.24, 2.45) is 5.92 Å². The number of aromatic amines is 1. The minimum atomic E-state index is -4.09. The molecule has 2 unspecified atom stereocenters. The van der Waals surface area contributed by atoms with Crippen molar-refractivity contribution in [2.75, 3.05) is 19.8 Å². The summed E-state index contributed by atoms with van der Waals surface area (Å²) >= 11 is 0. The second-order valence-electron chi connectivity index (χ2n) is 8.78. The summed E-state index contributed by atoms with van der Waals surface area (Å²) in [4.78, 5) is 38.3. The van der Waals surface area contributed by atoms with Crippen LogP contribution >= 0.6 is 7.75 Å². The van der Waals surface area contributed by atoms with Crippen molar-refractivity contribution in [3.63, 3.8) is 0 Å². The zero-order valence-electron chi connectivity index (χ0n) is 20.1. The van der Waals surface area contributed by atoms with Crippen molar-refractivity contribution in [1.29, 1.82) is 0 Å². The van der Waals surface area contributed by atoms with Crippen molar-refractivity contribution >= 4 is 13.7 Å². The van der Waals surface area contributed by atoms with Crippen LogP contribution in [0.25, 0.3) is 0 Å². The highest BCUT2D eigenvalue weighted by Gasteiger charge is 2.36. The third-order valence-electron chi connectivity index (χ3n) is 5.71. The summed E-state index contributed by atoms with van der Waals surface area (Å²) in [6.45, 7) is 3.04. The van der Waals surface area contributed by atoms with Gasteiger partial charge in [-0.25, -0.2) is 9.36 Å². The van der Waals surface area contributed by atoms with Gasteiger partial charge in [-0.05, 0) is 38.3 Å². The molecule has 13 heteroatoms. The molecule has 2 heterocycles. The van der Waals surface area contributed by atoms with Crippen LogP contribution in [0.5, 0.6) is 5.75 Å². The van der Waals surface area contributed by atoms with E-state index in [2.05, 4.69) is 10.1 Å². The first kappa shape index (κ1) is 26.3. The minimum absolute atomic E-state index is 0.000409. The third-order valence-corrected chi connectivity index (χ3v) is 7.36. The molecule has 2 aromatic rings. The number of carbonyl (C=O) groups is 1. The van der Waals surface area contributed by atoms with Crippen LogP contribution in [0.3, 0.4) is 0 Å². The number of nitrogens with zero attached hydrogens (tertiary/aromatic N) is 1. The van der Waals surface area contributed by atoms with Crippen LogP contribution in [-0.4, -0.2) is 47.7 Å². The first-order valence-corrected chi connectivity index (χ1v) is 13.3. The quantitative estimate of drug-likeness (QED) is 0.314. The van der Waals surface area contributed by atoms with E-state index in [1.165, 1.54) is 17.7 Å². The predicted octanol–water partition coefficient (Wildman–Crippen LogP) is 2.24. The molecule has 2 fully saturated rings. The summed E-state index contributed by atoms with van der Waals surface area (Å²) < 4.78 is 42.4. The molecule has 2 aliphatic rings. The number of H-pyrrole nitrogens is 1. The van der Waals surface area contributed by atoms with Crippen LogP contribution in [0, 0.1) is 12.8 Å². The van der Waals surface area contributed by atoms with E-state index < -0.39 is 43.5 Å². The minimum Gasteiger partial charge on any atom is -0.465 e. The fourth-order valence-electron chi connectivity index (χ4n) is 3.49. The molecule has 1 saturated heterocycles. The van der Waals surface area contributed by atoms with Crippen LogP contribution in [0.4, 0.5) is 0 Å². The lowest BCUT2D eigenvalue weighted by Gasteiger charge is -2.23. The van der Waals surface area contributed by atoms with Gasteiger partial charge in [-0.2, -0.15) is 5.09 Å². The lowest BCUT2D eigenvalue weighted by Crippen LogP contribution is -2.36. The number of ether oxygens (including phenoxy) is 3. The molecule has 0 bridgehead atoms. The molecule has 4 rings (SSSR count). The van der Waals surface area contributed by atoms with Crippen molar-refractivity contribution in [2.45, 2.75) is 51.7 Å². The standard InChI is InChI=1S/C23H30N3O9P/c1-15-12-26(23(29)24-21(15)27)19-13-32-20(34-19)14-33-36(30,35-18-6-4-3-5-7-18)25-16(2)22(28)31-11-10-17-8-9-17/h3-7,12,16-17,19-20H,8-11,13-14H2,1-2H3,(H,25,30)(H,24,27,29)/t16?,19-,20-,36?/m1/s1. The molecule has 4 atom stereocenters. The summed E-state index contributed by atoms with van der Waals surface area (Å²) in [7, 11) is -4.09. The van der Waals surface area contributed by atoms with E-state index in [4.69, 9.17) is 23.3 Å². The van der Waals surface area contributed by atoms with Crippen LogP contribution in [0.2, 0.25) is 0 Å². The zero-order valence-corrected chi connectivity index (χ0v) is 21.0. The maximum atomic E-state index is 13.6. The van der Waals surface area contributed by atoms with Gasteiger partial charge < -0.3 is 18.7 Å². The number of hydrogen-bond donors (Lipinski definition) is 2. The van der Waals surface area contributed by atoms with E-state index in [0.29, 0.717) is 18.1 Å². The van der Waals surface area contributed by atoms with Crippen LogP contribution in [-0.2, 0) is 28.1 Å². The van der Waals surface area contributed by atoms with E-state index in [9.17, 15) is 18.9 Å². The van der Waals surface area contributed by atoms with Crippen molar-refractivity contribution in [3.8, 4) is 5.75 Å². The lowest BCUT2D eigenvalue weighted by atomic mass is 10.3. The van der Waals surface area contributed by atoms with Crippen LogP contribution < -0.4 is 20.9 Å². The van der Waals surface area contributed by atoms with Crippen molar-refractivity contribution < 1.29 is 32.6 Å². The van der Waals surface area contributed by atoms with Gasteiger partial charge in [-0.15, -0.1) is 0 Å². The SMILES string of the molecule is Cc1cn([C@H]2CO[C@@H](COP(=O)(NC(C)C(=O)OCCC3CC3)Oc3ccccc3)O2)c(=O)[nH]c1=O. The van der Waals surface area contributed by atoms with Gasteiger partial charge >= 0.3 is 19.4 Å². The Labute approximate surface area is 207 Å². The summed E-state index contributed by atoms with van der Waals surface area (Å²) in [5, 5.41) is 2.62. The molecule has 36 heavy (non-hydrogen) atoms. The molecule has 2 N–H and O–H groups in total. The fraction of sp³-hybridized carbons (Fsp3) is 0.522. The Morgan fingerprint density at radius 3 is 2.75 bits per heavy atom. The van der Waals surface area contributed by atoms with E-state index in [1.54, 1.807) is 37.3 Å². The number of nitrogens with one attached hydrogen (secondary N) is 2.